The molecule has 3 rings (SSSR count). The van der Waals surface area contributed by atoms with Crippen LogP contribution in [0, 0.1) is 13.8 Å². The van der Waals surface area contributed by atoms with Gasteiger partial charge in [-0.15, -0.1) is 11.3 Å². The van der Waals surface area contributed by atoms with Crippen molar-refractivity contribution >= 4 is 45.3 Å². The number of imide groups is 1. The maximum absolute atomic E-state index is 13.1. The Kier molecular flexibility index (Phi) is 5.90. The van der Waals surface area contributed by atoms with Gasteiger partial charge in [0.2, 0.25) is 5.91 Å². The molecule has 1 saturated heterocycles. The Morgan fingerprint density at radius 2 is 2.11 bits per heavy atom. The number of nitrogens with zero attached hydrogens (tertiary/aromatic N) is 3. The second-order valence-corrected chi connectivity index (χ2v) is 9.16. The highest BCUT2D eigenvalue weighted by Crippen LogP contribution is 2.30. The summed E-state index contributed by atoms with van der Waals surface area (Å²) in [5.74, 6) is -0.259. The second kappa shape index (κ2) is 8.02. The van der Waals surface area contributed by atoms with Gasteiger partial charge >= 0.3 is 6.03 Å². The third-order valence-corrected chi connectivity index (χ3v) is 6.92. The van der Waals surface area contributed by atoms with Crippen molar-refractivity contribution < 1.29 is 9.59 Å². The first kappa shape index (κ1) is 19.9. The van der Waals surface area contributed by atoms with Crippen LogP contribution in [-0.2, 0) is 11.3 Å². The Morgan fingerprint density at radius 1 is 1.37 bits per heavy atom. The fourth-order valence-electron chi connectivity index (χ4n) is 3.02. The summed E-state index contributed by atoms with van der Waals surface area (Å²) in [7, 11) is 0. The SMILES string of the molecule is CCCCn1c(S[C@H](C)C(=O)N2CCNC2=O)nc2sc(C)c(C)c2c1=O. The van der Waals surface area contributed by atoms with Crippen LogP contribution in [0.5, 0.6) is 0 Å². The maximum Gasteiger partial charge on any atom is 0.324 e. The largest absolute Gasteiger partial charge is 0.336 e. The summed E-state index contributed by atoms with van der Waals surface area (Å²) in [4.78, 5) is 45.2. The van der Waals surface area contributed by atoms with E-state index < -0.39 is 5.25 Å². The summed E-state index contributed by atoms with van der Waals surface area (Å²) in [6, 6.07) is -0.358. The number of carbonyl (C=O) groups excluding carboxylic acids is 2. The smallest absolute Gasteiger partial charge is 0.324 e. The summed E-state index contributed by atoms with van der Waals surface area (Å²) in [5.41, 5.74) is 0.934. The van der Waals surface area contributed by atoms with Gasteiger partial charge in [0, 0.05) is 24.5 Å². The number of aryl methyl sites for hydroxylation is 2. The van der Waals surface area contributed by atoms with E-state index >= 15 is 0 Å². The topological polar surface area (TPSA) is 84.3 Å². The number of carbonyl (C=O) groups is 2. The average Bonchev–Trinajstić information content (AvgIpc) is 3.17. The lowest BCUT2D eigenvalue weighted by atomic mass is 10.2. The third kappa shape index (κ3) is 3.75. The fourth-order valence-corrected chi connectivity index (χ4v) is 5.09. The Bertz CT molecular complexity index is 950. The van der Waals surface area contributed by atoms with Gasteiger partial charge in [-0.2, -0.15) is 0 Å². The molecule has 0 aliphatic carbocycles. The maximum atomic E-state index is 13.1. The Labute approximate surface area is 166 Å². The highest BCUT2D eigenvalue weighted by Gasteiger charge is 2.31. The van der Waals surface area contributed by atoms with Crippen molar-refractivity contribution in [1.29, 1.82) is 0 Å². The van der Waals surface area contributed by atoms with E-state index in [0.29, 0.717) is 35.0 Å². The van der Waals surface area contributed by atoms with Gasteiger partial charge < -0.3 is 5.32 Å². The summed E-state index contributed by atoms with van der Waals surface area (Å²) in [6.07, 6.45) is 1.82. The molecule has 146 valence electrons. The number of fused-ring (bicyclic) bond motifs is 1. The molecule has 1 N–H and O–H groups in total. The lowest BCUT2D eigenvalue weighted by molar-refractivity contribution is -0.126. The number of rotatable bonds is 6. The van der Waals surface area contributed by atoms with E-state index in [2.05, 4.69) is 12.2 Å². The van der Waals surface area contributed by atoms with Gasteiger partial charge in [-0.1, -0.05) is 25.1 Å². The molecule has 0 radical (unpaired) electrons. The molecule has 2 aromatic rings. The van der Waals surface area contributed by atoms with Crippen molar-refractivity contribution in [3.8, 4) is 0 Å². The standard InChI is InChI=1S/C18H24N4O3S2/c1-5-6-8-22-16(24)13-10(2)11(3)26-14(13)20-18(22)27-12(4)15(23)21-9-7-19-17(21)25/h12H,5-9H2,1-4H3,(H,19,25)/t12-/m1/s1. The van der Waals surface area contributed by atoms with Crippen molar-refractivity contribution in [2.75, 3.05) is 13.1 Å². The number of amides is 3. The summed E-state index contributed by atoms with van der Waals surface area (Å²) in [5, 5.41) is 3.35. The normalized spacial score (nSPS) is 15.4. The number of hydrogen-bond acceptors (Lipinski definition) is 6. The van der Waals surface area contributed by atoms with Gasteiger partial charge in [0.1, 0.15) is 4.83 Å². The highest BCUT2D eigenvalue weighted by molar-refractivity contribution is 8.00. The van der Waals surface area contributed by atoms with Crippen LogP contribution in [0.25, 0.3) is 10.2 Å². The molecule has 3 heterocycles. The van der Waals surface area contributed by atoms with Crippen molar-refractivity contribution in [3.63, 3.8) is 0 Å². The van der Waals surface area contributed by atoms with Crippen molar-refractivity contribution in [2.24, 2.45) is 0 Å². The van der Waals surface area contributed by atoms with Crippen LogP contribution >= 0.6 is 23.1 Å². The zero-order valence-electron chi connectivity index (χ0n) is 16.0. The first-order chi connectivity index (χ1) is 12.8. The Hall–Kier alpha value is -1.87. The molecule has 0 saturated carbocycles. The number of hydrogen-bond donors (Lipinski definition) is 1. The van der Waals surface area contributed by atoms with Gasteiger partial charge in [-0.3, -0.25) is 19.1 Å². The minimum Gasteiger partial charge on any atom is -0.336 e. The van der Waals surface area contributed by atoms with Crippen LogP contribution in [0.2, 0.25) is 0 Å². The average molecular weight is 409 g/mol. The van der Waals surface area contributed by atoms with E-state index in [1.807, 2.05) is 13.8 Å². The number of thioether (sulfide) groups is 1. The van der Waals surface area contributed by atoms with Crippen LogP contribution in [0.3, 0.4) is 0 Å². The molecule has 1 aliphatic rings. The zero-order chi connectivity index (χ0) is 19.7. The molecule has 9 heteroatoms. The predicted octanol–water partition coefficient (Wildman–Crippen LogP) is 2.91. The molecule has 1 aliphatic heterocycles. The van der Waals surface area contributed by atoms with E-state index in [0.717, 1.165) is 23.3 Å². The van der Waals surface area contributed by atoms with Crippen LogP contribution in [0.15, 0.2) is 9.95 Å². The summed E-state index contributed by atoms with van der Waals surface area (Å²) in [6.45, 7) is 9.18. The predicted molar refractivity (Wildman–Crippen MR) is 109 cm³/mol. The molecule has 0 bridgehead atoms. The fraction of sp³-hybridized carbons (Fsp3) is 0.556. The van der Waals surface area contributed by atoms with Gasteiger partial charge in [0.25, 0.3) is 5.56 Å². The lowest BCUT2D eigenvalue weighted by Crippen LogP contribution is -2.39. The van der Waals surface area contributed by atoms with Crippen LogP contribution in [0.4, 0.5) is 4.79 Å². The number of unbranched alkanes of at least 4 members (excludes halogenated alkanes) is 1. The van der Waals surface area contributed by atoms with E-state index in [1.54, 1.807) is 11.5 Å². The molecule has 0 spiro atoms. The first-order valence-electron chi connectivity index (χ1n) is 9.11. The number of nitrogens with one attached hydrogen (secondary N) is 1. The monoisotopic (exact) mass is 408 g/mol. The van der Waals surface area contributed by atoms with Gasteiger partial charge in [0.05, 0.1) is 10.6 Å². The van der Waals surface area contributed by atoms with E-state index in [4.69, 9.17) is 4.98 Å². The van der Waals surface area contributed by atoms with E-state index in [1.165, 1.54) is 28.0 Å². The number of urea groups is 1. The van der Waals surface area contributed by atoms with Crippen LogP contribution in [-0.4, -0.2) is 44.7 Å². The first-order valence-corrected chi connectivity index (χ1v) is 10.8. The molecular weight excluding hydrogens is 384 g/mol. The highest BCUT2D eigenvalue weighted by atomic mass is 32.2. The molecular formula is C18H24N4O3S2. The number of aromatic nitrogens is 2. The quantitative estimate of drug-likeness (QED) is 0.587. The number of thiophene rings is 1. The third-order valence-electron chi connectivity index (χ3n) is 4.74. The van der Waals surface area contributed by atoms with Gasteiger partial charge in [-0.05, 0) is 32.8 Å². The van der Waals surface area contributed by atoms with Crippen molar-refractivity contribution in [1.82, 2.24) is 19.8 Å². The summed E-state index contributed by atoms with van der Waals surface area (Å²) >= 11 is 2.75. The van der Waals surface area contributed by atoms with Crippen molar-refractivity contribution in [3.05, 3.63) is 20.8 Å². The van der Waals surface area contributed by atoms with Gasteiger partial charge in [-0.25, -0.2) is 9.78 Å². The second-order valence-electron chi connectivity index (χ2n) is 6.65. The molecule has 7 nitrogen and oxygen atoms in total. The molecule has 1 fully saturated rings. The molecule has 2 aromatic heterocycles. The van der Waals surface area contributed by atoms with E-state index in [9.17, 15) is 14.4 Å². The molecule has 0 unspecified atom stereocenters. The molecule has 3 amide bonds. The minimum absolute atomic E-state index is 0.0450. The Morgan fingerprint density at radius 3 is 2.74 bits per heavy atom. The zero-order valence-corrected chi connectivity index (χ0v) is 17.6. The Balaban J connectivity index is 1.97. The lowest BCUT2D eigenvalue weighted by Gasteiger charge is -2.19. The molecule has 27 heavy (non-hydrogen) atoms. The molecule has 0 aromatic carbocycles. The van der Waals surface area contributed by atoms with Gasteiger partial charge in [0.15, 0.2) is 5.16 Å². The minimum atomic E-state index is -0.506. The van der Waals surface area contributed by atoms with E-state index in [-0.39, 0.29) is 17.5 Å². The molecule has 1 atom stereocenters. The van der Waals surface area contributed by atoms with Crippen LogP contribution < -0.4 is 10.9 Å². The van der Waals surface area contributed by atoms with Crippen LogP contribution in [0.1, 0.15) is 37.1 Å². The van der Waals surface area contributed by atoms with Crippen molar-refractivity contribution in [2.45, 2.75) is 57.5 Å². The summed E-state index contributed by atoms with van der Waals surface area (Å²) < 4.78 is 1.68.